The molecule has 0 aliphatic carbocycles. The van der Waals surface area contributed by atoms with Crippen LogP contribution in [0.2, 0.25) is 0 Å². The van der Waals surface area contributed by atoms with Crippen LogP contribution in [0.3, 0.4) is 0 Å². The molecule has 0 radical (unpaired) electrons. The second-order valence-electron chi connectivity index (χ2n) is 4.36. The Kier molecular flexibility index (Phi) is 7.00. The van der Waals surface area contributed by atoms with Crippen LogP contribution >= 0.6 is 0 Å². The van der Waals surface area contributed by atoms with Gasteiger partial charge in [0.25, 0.3) is 0 Å². The third-order valence-corrected chi connectivity index (χ3v) is 2.89. The van der Waals surface area contributed by atoms with Crippen LogP contribution in [0.25, 0.3) is 0 Å². The molecule has 0 aliphatic rings. The maximum absolute atomic E-state index is 5.35. The van der Waals surface area contributed by atoms with Crippen molar-refractivity contribution in [2.45, 2.75) is 53.5 Å². The Bertz CT molecular complexity index is 377. The van der Waals surface area contributed by atoms with Crippen molar-refractivity contribution in [1.82, 2.24) is 15.8 Å². The van der Waals surface area contributed by atoms with Crippen molar-refractivity contribution in [3.8, 4) is 0 Å². The minimum absolute atomic E-state index is 0.620. The van der Waals surface area contributed by atoms with Gasteiger partial charge in [-0.1, -0.05) is 25.9 Å². The molecule has 0 spiro atoms. The van der Waals surface area contributed by atoms with Crippen molar-refractivity contribution in [2.75, 3.05) is 13.1 Å². The van der Waals surface area contributed by atoms with E-state index in [1.807, 2.05) is 0 Å². The number of rotatable bonds is 7. The number of aliphatic imine (C=N–C) groups is 1. The summed E-state index contributed by atoms with van der Waals surface area (Å²) < 4.78 is 5.35. The lowest BCUT2D eigenvalue weighted by Crippen LogP contribution is -2.37. The fourth-order valence-electron chi connectivity index (χ4n) is 1.86. The fourth-order valence-corrected chi connectivity index (χ4v) is 1.86. The van der Waals surface area contributed by atoms with E-state index in [9.17, 15) is 0 Å². The first kappa shape index (κ1) is 15.5. The monoisotopic (exact) mass is 266 g/mol. The second-order valence-corrected chi connectivity index (χ2v) is 4.36. The van der Waals surface area contributed by atoms with E-state index >= 15 is 0 Å². The Morgan fingerprint density at radius 1 is 1.16 bits per heavy atom. The second kappa shape index (κ2) is 8.56. The van der Waals surface area contributed by atoms with Crippen LogP contribution in [0.15, 0.2) is 9.52 Å². The minimum atomic E-state index is 0.620. The van der Waals surface area contributed by atoms with Crippen LogP contribution in [0.1, 0.15) is 51.1 Å². The van der Waals surface area contributed by atoms with E-state index in [0.717, 1.165) is 55.3 Å². The van der Waals surface area contributed by atoms with Gasteiger partial charge in [0, 0.05) is 25.1 Å². The highest BCUT2D eigenvalue weighted by molar-refractivity contribution is 5.79. The summed E-state index contributed by atoms with van der Waals surface area (Å²) >= 11 is 0. The summed E-state index contributed by atoms with van der Waals surface area (Å²) in [7, 11) is 0. The molecule has 0 atom stereocenters. The van der Waals surface area contributed by atoms with Crippen LogP contribution in [-0.4, -0.2) is 24.2 Å². The molecular weight excluding hydrogens is 240 g/mol. The van der Waals surface area contributed by atoms with Gasteiger partial charge in [-0.3, -0.25) is 0 Å². The van der Waals surface area contributed by atoms with Crippen molar-refractivity contribution in [2.24, 2.45) is 4.99 Å². The maximum Gasteiger partial charge on any atom is 0.191 e. The number of aromatic nitrogens is 1. The van der Waals surface area contributed by atoms with Crippen LogP contribution in [0, 0.1) is 0 Å². The number of hydrogen-bond donors (Lipinski definition) is 2. The van der Waals surface area contributed by atoms with E-state index in [2.05, 4.69) is 48.5 Å². The molecule has 108 valence electrons. The van der Waals surface area contributed by atoms with Gasteiger partial charge in [0.05, 0.1) is 12.2 Å². The number of guanidine groups is 1. The summed E-state index contributed by atoms with van der Waals surface area (Å²) in [5.41, 5.74) is 2.16. The molecule has 0 aliphatic heterocycles. The summed E-state index contributed by atoms with van der Waals surface area (Å²) in [6, 6.07) is 0. The third-order valence-electron chi connectivity index (χ3n) is 2.89. The van der Waals surface area contributed by atoms with Gasteiger partial charge in [-0.25, -0.2) is 4.99 Å². The van der Waals surface area contributed by atoms with E-state index in [4.69, 9.17) is 4.52 Å². The Balaban J connectivity index is 2.77. The zero-order valence-corrected chi connectivity index (χ0v) is 12.5. The lowest BCUT2D eigenvalue weighted by atomic mass is 10.1. The summed E-state index contributed by atoms with van der Waals surface area (Å²) in [5.74, 6) is 1.81. The minimum Gasteiger partial charge on any atom is -0.361 e. The van der Waals surface area contributed by atoms with Gasteiger partial charge in [-0.05, 0) is 19.8 Å². The molecule has 0 fully saturated rings. The topological polar surface area (TPSA) is 62.5 Å². The first-order chi connectivity index (χ1) is 9.26. The van der Waals surface area contributed by atoms with Crippen LogP contribution < -0.4 is 10.6 Å². The zero-order chi connectivity index (χ0) is 14.1. The van der Waals surface area contributed by atoms with Crippen LogP contribution in [0.4, 0.5) is 0 Å². The molecule has 1 rings (SSSR count). The molecule has 19 heavy (non-hydrogen) atoms. The van der Waals surface area contributed by atoms with Crippen molar-refractivity contribution >= 4 is 5.96 Å². The van der Waals surface area contributed by atoms with E-state index < -0.39 is 0 Å². The SMILES string of the molecule is CCCNC(=NCc1c(CC)noc1CC)NCC. The van der Waals surface area contributed by atoms with Gasteiger partial charge in [-0.15, -0.1) is 0 Å². The quantitative estimate of drug-likeness (QED) is 0.587. The lowest BCUT2D eigenvalue weighted by Gasteiger charge is -2.10. The fraction of sp³-hybridized carbons (Fsp3) is 0.714. The van der Waals surface area contributed by atoms with Gasteiger partial charge in [-0.2, -0.15) is 0 Å². The standard InChI is InChI=1S/C14H26N4O/c1-5-9-16-14(15-8-4)17-10-11-12(6-2)18-19-13(11)7-3/h5-10H2,1-4H3,(H2,15,16,17). The zero-order valence-electron chi connectivity index (χ0n) is 12.5. The molecule has 0 unspecified atom stereocenters. The maximum atomic E-state index is 5.35. The number of nitrogens with one attached hydrogen (secondary N) is 2. The average molecular weight is 266 g/mol. The Labute approximate surface area is 115 Å². The largest absolute Gasteiger partial charge is 0.361 e. The molecule has 0 saturated heterocycles. The Morgan fingerprint density at radius 3 is 2.53 bits per heavy atom. The average Bonchev–Trinajstić information content (AvgIpc) is 2.83. The van der Waals surface area contributed by atoms with Crippen LogP contribution in [-0.2, 0) is 19.4 Å². The normalized spacial score (nSPS) is 11.7. The number of hydrogen-bond acceptors (Lipinski definition) is 3. The smallest absolute Gasteiger partial charge is 0.191 e. The van der Waals surface area contributed by atoms with E-state index in [-0.39, 0.29) is 0 Å². The van der Waals surface area contributed by atoms with Gasteiger partial charge in [0.2, 0.25) is 0 Å². The Morgan fingerprint density at radius 2 is 1.95 bits per heavy atom. The van der Waals surface area contributed by atoms with E-state index in [1.54, 1.807) is 0 Å². The highest BCUT2D eigenvalue weighted by atomic mass is 16.5. The van der Waals surface area contributed by atoms with Crippen molar-refractivity contribution < 1.29 is 4.52 Å². The van der Waals surface area contributed by atoms with Gasteiger partial charge in [0.1, 0.15) is 5.76 Å². The predicted molar refractivity (Wildman–Crippen MR) is 78.4 cm³/mol. The molecule has 0 amide bonds. The molecule has 1 heterocycles. The molecule has 0 bridgehead atoms. The van der Waals surface area contributed by atoms with Crippen LogP contribution in [0.5, 0.6) is 0 Å². The highest BCUT2D eigenvalue weighted by Crippen LogP contribution is 2.16. The third kappa shape index (κ3) is 4.58. The van der Waals surface area contributed by atoms with Crippen molar-refractivity contribution in [3.63, 3.8) is 0 Å². The van der Waals surface area contributed by atoms with E-state index in [0.29, 0.717) is 6.54 Å². The summed E-state index contributed by atoms with van der Waals surface area (Å²) in [5, 5.41) is 10.6. The molecule has 5 heteroatoms. The molecular formula is C14H26N4O. The first-order valence-corrected chi connectivity index (χ1v) is 7.25. The van der Waals surface area contributed by atoms with E-state index in [1.165, 1.54) is 0 Å². The molecule has 2 N–H and O–H groups in total. The first-order valence-electron chi connectivity index (χ1n) is 7.25. The number of nitrogens with zero attached hydrogens (tertiary/aromatic N) is 2. The van der Waals surface area contributed by atoms with Crippen molar-refractivity contribution in [1.29, 1.82) is 0 Å². The van der Waals surface area contributed by atoms with Gasteiger partial charge >= 0.3 is 0 Å². The molecule has 1 aromatic rings. The highest BCUT2D eigenvalue weighted by Gasteiger charge is 2.12. The predicted octanol–water partition coefficient (Wildman–Crippen LogP) is 2.26. The molecule has 0 saturated carbocycles. The van der Waals surface area contributed by atoms with Gasteiger partial charge < -0.3 is 15.2 Å². The number of aryl methyl sites for hydroxylation is 2. The van der Waals surface area contributed by atoms with Gasteiger partial charge in [0.15, 0.2) is 5.96 Å². The Hall–Kier alpha value is -1.52. The lowest BCUT2D eigenvalue weighted by molar-refractivity contribution is 0.380. The molecule has 5 nitrogen and oxygen atoms in total. The molecule has 1 aromatic heterocycles. The van der Waals surface area contributed by atoms with Crippen molar-refractivity contribution in [3.05, 3.63) is 17.0 Å². The summed E-state index contributed by atoms with van der Waals surface area (Å²) in [4.78, 5) is 4.61. The summed E-state index contributed by atoms with van der Waals surface area (Å²) in [6.45, 7) is 10.8. The summed E-state index contributed by atoms with van der Waals surface area (Å²) in [6.07, 6.45) is 2.82. The molecule has 0 aromatic carbocycles.